The molecule has 0 aliphatic rings. The highest BCUT2D eigenvalue weighted by Crippen LogP contribution is 2.26. The van der Waals surface area contributed by atoms with E-state index in [1.54, 1.807) is 0 Å². The molecule has 0 aliphatic carbocycles. The third-order valence-electron chi connectivity index (χ3n) is 3.92. The van der Waals surface area contributed by atoms with Crippen molar-refractivity contribution in [2.45, 2.75) is 54.0 Å². The predicted molar refractivity (Wildman–Crippen MR) is 88.5 cm³/mol. The average Bonchev–Trinajstić information content (AvgIpc) is 2.72. The molecule has 0 unspecified atom stereocenters. The Morgan fingerprint density at radius 2 is 2.00 bits per heavy atom. The first-order valence-electron chi connectivity index (χ1n) is 7.79. The minimum Gasteiger partial charge on any atom is -0.358 e. The molecule has 0 fully saturated rings. The summed E-state index contributed by atoms with van der Waals surface area (Å²) in [6.07, 6.45) is 1.58. The molecule has 1 amide bonds. The number of H-pyrrole nitrogens is 1. The van der Waals surface area contributed by atoms with Crippen molar-refractivity contribution >= 4 is 16.8 Å². The Morgan fingerprint density at radius 3 is 2.62 bits per heavy atom. The molecule has 0 atom stereocenters. The Balaban J connectivity index is 2.29. The van der Waals surface area contributed by atoms with E-state index in [-0.39, 0.29) is 5.91 Å². The maximum Gasteiger partial charge on any atom is 0.220 e. The number of aryl methyl sites for hydroxylation is 3. The number of benzene rings is 1. The minimum atomic E-state index is 0.124. The summed E-state index contributed by atoms with van der Waals surface area (Å²) in [5.74, 6) is 0.514. The second-order valence-corrected chi connectivity index (χ2v) is 6.30. The molecule has 2 rings (SSSR count). The van der Waals surface area contributed by atoms with Crippen LogP contribution in [0.15, 0.2) is 12.1 Å². The number of hydrogen-bond donors (Lipinski definition) is 2. The maximum atomic E-state index is 11.9. The van der Waals surface area contributed by atoms with Crippen LogP contribution in [-0.4, -0.2) is 10.9 Å². The molecule has 0 bridgehead atoms. The number of aromatic nitrogens is 1. The number of rotatable bonds is 5. The van der Waals surface area contributed by atoms with Crippen molar-refractivity contribution < 1.29 is 4.79 Å². The van der Waals surface area contributed by atoms with Gasteiger partial charge in [0.2, 0.25) is 5.91 Å². The van der Waals surface area contributed by atoms with E-state index in [2.05, 4.69) is 57.1 Å². The van der Waals surface area contributed by atoms with Gasteiger partial charge in [0.25, 0.3) is 0 Å². The van der Waals surface area contributed by atoms with Gasteiger partial charge in [-0.05, 0) is 43.4 Å². The molecule has 1 aromatic heterocycles. The number of aromatic amines is 1. The van der Waals surface area contributed by atoms with Gasteiger partial charge in [0.15, 0.2) is 0 Å². The van der Waals surface area contributed by atoms with Gasteiger partial charge in [0.1, 0.15) is 0 Å². The zero-order chi connectivity index (χ0) is 15.6. The Kier molecular flexibility index (Phi) is 4.71. The average molecular weight is 286 g/mol. The van der Waals surface area contributed by atoms with Crippen molar-refractivity contribution in [1.29, 1.82) is 0 Å². The van der Waals surface area contributed by atoms with E-state index in [9.17, 15) is 4.79 Å². The standard InChI is InChI=1S/C18H26N2O/c1-6-16-13(5)15-9-12(4)8-14(18(15)20-16)10-19-17(21)7-11(2)3/h8-9,11,20H,6-7,10H2,1-5H3,(H,19,21). The molecular formula is C18H26N2O. The van der Waals surface area contributed by atoms with Crippen molar-refractivity contribution in [1.82, 2.24) is 10.3 Å². The molecule has 2 aromatic rings. The number of carbonyl (C=O) groups is 1. The van der Waals surface area contributed by atoms with Crippen LogP contribution in [0.4, 0.5) is 0 Å². The van der Waals surface area contributed by atoms with Gasteiger partial charge in [-0.15, -0.1) is 0 Å². The van der Waals surface area contributed by atoms with Gasteiger partial charge in [-0.3, -0.25) is 4.79 Å². The quantitative estimate of drug-likeness (QED) is 0.857. The normalized spacial score (nSPS) is 11.3. The van der Waals surface area contributed by atoms with Crippen molar-refractivity contribution in [2.75, 3.05) is 0 Å². The Morgan fingerprint density at radius 1 is 1.29 bits per heavy atom. The topological polar surface area (TPSA) is 44.9 Å². The molecule has 1 heterocycles. The SMILES string of the molecule is CCc1[nH]c2c(CNC(=O)CC(C)C)cc(C)cc2c1C. The smallest absolute Gasteiger partial charge is 0.220 e. The van der Waals surface area contributed by atoms with Crippen molar-refractivity contribution in [3.8, 4) is 0 Å². The highest BCUT2D eigenvalue weighted by molar-refractivity contribution is 5.88. The number of fused-ring (bicyclic) bond motifs is 1. The van der Waals surface area contributed by atoms with Gasteiger partial charge in [-0.25, -0.2) is 0 Å². The van der Waals surface area contributed by atoms with Crippen LogP contribution in [0.1, 0.15) is 49.6 Å². The van der Waals surface area contributed by atoms with Crippen LogP contribution in [0.2, 0.25) is 0 Å². The van der Waals surface area contributed by atoms with Gasteiger partial charge in [0.05, 0.1) is 5.52 Å². The van der Waals surface area contributed by atoms with E-state index in [1.165, 1.54) is 33.3 Å². The van der Waals surface area contributed by atoms with Crippen molar-refractivity contribution in [2.24, 2.45) is 5.92 Å². The fourth-order valence-electron chi connectivity index (χ4n) is 2.84. The lowest BCUT2D eigenvalue weighted by Crippen LogP contribution is -2.24. The third-order valence-corrected chi connectivity index (χ3v) is 3.92. The van der Waals surface area contributed by atoms with Gasteiger partial charge in [0, 0.05) is 24.0 Å². The van der Waals surface area contributed by atoms with Crippen molar-refractivity contribution in [3.05, 3.63) is 34.5 Å². The predicted octanol–water partition coefficient (Wildman–Crippen LogP) is 4.01. The lowest BCUT2D eigenvalue weighted by Gasteiger charge is -2.09. The van der Waals surface area contributed by atoms with Crippen LogP contribution in [0.5, 0.6) is 0 Å². The largest absolute Gasteiger partial charge is 0.358 e. The Bertz CT molecular complexity index is 653. The molecule has 21 heavy (non-hydrogen) atoms. The first-order chi connectivity index (χ1) is 9.92. The number of amides is 1. The van der Waals surface area contributed by atoms with Crippen LogP contribution >= 0.6 is 0 Å². The maximum absolute atomic E-state index is 11.9. The van der Waals surface area contributed by atoms with Crippen LogP contribution in [-0.2, 0) is 17.8 Å². The molecule has 3 nitrogen and oxygen atoms in total. The Hall–Kier alpha value is -1.77. The summed E-state index contributed by atoms with van der Waals surface area (Å²) in [5.41, 5.74) is 6.18. The molecule has 0 saturated carbocycles. The number of nitrogens with one attached hydrogen (secondary N) is 2. The lowest BCUT2D eigenvalue weighted by molar-refractivity contribution is -0.121. The highest BCUT2D eigenvalue weighted by Gasteiger charge is 2.12. The molecule has 1 aromatic carbocycles. The molecule has 0 aliphatic heterocycles. The second-order valence-electron chi connectivity index (χ2n) is 6.30. The molecule has 0 radical (unpaired) electrons. The number of carbonyl (C=O) groups excluding carboxylic acids is 1. The summed E-state index contributed by atoms with van der Waals surface area (Å²) in [4.78, 5) is 15.4. The number of hydrogen-bond acceptors (Lipinski definition) is 1. The zero-order valence-electron chi connectivity index (χ0n) is 13.8. The summed E-state index contributed by atoms with van der Waals surface area (Å²) in [6.45, 7) is 11.1. The zero-order valence-corrected chi connectivity index (χ0v) is 13.8. The van der Waals surface area contributed by atoms with Crippen LogP contribution < -0.4 is 5.32 Å². The Labute approximate surface area is 127 Å². The van der Waals surface area contributed by atoms with Crippen LogP contribution in [0.3, 0.4) is 0 Å². The summed E-state index contributed by atoms with van der Waals surface area (Å²) in [7, 11) is 0. The molecule has 2 N–H and O–H groups in total. The van der Waals surface area contributed by atoms with E-state index in [0.717, 1.165) is 6.42 Å². The fourth-order valence-corrected chi connectivity index (χ4v) is 2.84. The molecular weight excluding hydrogens is 260 g/mol. The van der Waals surface area contributed by atoms with E-state index < -0.39 is 0 Å². The van der Waals surface area contributed by atoms with Crippen LogP contribution in [0.25, 0.3) is 10.9 Å². The van der Waals surface area contributed by atoms with E-state index >= 15 is 0 Å². The second kappa shape index (κ2) is 6.33. The highest BCUT2D eigenvalue weighted by atomic mass is 16.1. The van der Waals surface area contributed by atoms with Gasteiger partial charge in [-0.2, -0.15) is 0 Å². The van der Waals surface area contributed by atoms with Crippen molar-refractivity contribution in [3.63, 3.8) is 0 Å². The summed E-state index contributed by atoms with van der Waals surface area (Å²) in [5, 5.41) is 4.32. The minimum absolute atomic E-state index is 0.124. The third kappa shape index (κ3) is 3.46. The van der Waals surface area contributed by atoms with Crippen LogP contribution in [0, 0.1) is 19.8 Å². The van der Waals surface area contributed by atoms with E-state index in [1.807, 2.05) is 0 Å². The first-order valence-corrected chi connectivity index (χ1v) is 7.79. The molecule has 114 valence electrons. The van der Waals surface area contributed by atoms with E-state index in [0.29, 0.717) is 18.9 Å². The van der Waals surface area contributed by atoms with Gasteiger partial charge in [-0.1, -0.05) is 32.4 Å². The van der Waals surface area contributed by atoms with E-state index in [4.69, 9.17) is 0 Å². The molecule has 0 spiro atoms. The van der Waals surface area contributed by atoms with Gasteiger partial charge >= 0.3 is 0 Å². The summed E-state index contributed by atoms with van der Waals surface area (Å²) in [6, 6.07) is 4.38. The summed E-state index contributed by atoms with van der Waals surface area (Å²) >= 11 is 0. The molecule has 3 heteroatoms. The molecule has 0 saturated heterocycles. The first kappa shape index (κ1) is 15.6. The van der Waals surface area contributed by atoms with Gasteiger partial charge < -0.3 is 10.3 Å². The summed E-state index contributed by atoms with van der Waals surface area (Å²) < 4.78 is 0. The lowest BCUT2D eigenvalue weighted by atomic mass is 10.0. The fraction of sp³-hybridized carbons (Fsp3) is 0.500. The monoisotopic (exact) mass is 286 g/mol.